The molecule has 122 valence electrons. The Morgan fingerprint density at radius 1 is 1.55 bits per heavy atom. The Labute approximate surface area is 141 Å². The highest BCUT2D eigenvalue weighted by atomic mass is 32.1. The molecule has 2 aliphatic rings. The number of nitrogens with zero attached hydrogens (tertiary/aromatic N) is 2. The Kier molecular flexibility index (Phi) is 5.09. The molecule has 0 radical (unpaired) electrons. The number of thiazole rings is 1. The molecular weight excluding hydrogens is 318 g/mol. The van der Waals surface area contributed by atoms with Crippen molar-refractivity contribution in [2.24, 2.45) is 0 Å². The summed E-state index contributed by atoms with van der Waals surface area (Å²) in [5.41, 5.74) is 0.353. The Balaban J connectivity index is 1.85. The summed E-state index contributed by atoms with van der Waals surface area (Å²) in [6.45, 7) is 6.06. The smallest absolute Gasteiger partial charge is 0.181 e. The summed E-state index contributed by atoms with van der Waals surface area (Å²) in [4.78, 5) is 7.79. The number of nitrogens with one attached hydrogen (secondary N) is 1. The Morgan fingerprint density at radius 2 is 2.27 bits per heavy atom. The maximum absolute atomic E-state index is 5.99. The zero-order chi connectivity index (χ0) is 15.6. The van der Waals surface area contributed by atoms with E-state index >= 15 is 0 Å². The van der Waals surface area contributed by atoms with Crippen LogP contribution in [0, 0.1) is 6.92 Å². The SMILES string of the molecule is COC(CN1CCOCC1)(C(=S)NC1CC1)c1nc(C)cs1. The number of methoxy groups -OCH3 is 1. The van der Waals surface area contributed by atoms with Crippen LogP contribution in [0.2, 0.25) is 0 Å². The third-order valence-corrected chi connectivity index (χ3v) is 5.69. The zero-order valence-corrected chi connectivity index (χ0v) is 14.8. The minimum atomic E-state index is -0.659. The van der Waals surface area contributed by atoms with Gasteiger partial charge in [-0.05, 0) is 19.8 Å². The van der Waals surface area contributed by atoms with E-state index in [0.717, 1.165) is 48.5 Å². The van der Waals surface area contributed by atoms with Crippen LogP contribution >= 0.6 is 23.6 Å². The Hall–Kier alpha value is -0.600. The summed E-state index contributed by atoms with van der Waals surface area (Å²) in [5, 5.41) is 6.46. The van der Waals surface area contributed by atoms with Gasteiger partial charge in [-0.2, -0.15) is 0 Å². The number of rotatable bonds is 6. The molecule has 1 aromatic heterocycles. The third kappa shape index (κ3) is 3.49. The maximum atomic E-state index is 5.99. The van der Waals surface area contributed by atoms with Gasteiger partial charge in [0.15, 0.2) is 5.60 Å². The second-order valence-electron chi connectivity index (χ2n) is 5.96. The van der Waals surface area contributed by atoms with Crippen molar-refractivity contribution in [1.29, 1.82) is 0 Å². The van der Waals surface area contributed by atoms with Crippen LogP contribution in [0.1, 0.15) is 23.5 Å². The Bertz CT molecular complexity index is 527. The molecule has 0 bridgehead atoms. The predicted octanol–water partition coefficient (Wildman–Crippen LogP) is 1.70. The van der Waals surface area contributed by atoms with E-state index in [1.54, 1.807) is 18.4 Å². The van der Waals surface area contributed by atoms with Crippen molar-refractivity contribution in [1.82, 2.24) is 15.2 Å². The molecule has 1 N–H and O–H groups in total. The Morgan fingerprint density at radius 3 is 2.82 bits per heavy atom. The van der Waals surface area contributed by atoms with Gasteiger partial charge < -0.3 is 14.8 Å². The lowest BCUT2D eigenvalue weighted by molar-refractivity contribution is -0.0237. The second-order valence-corrected chi connectivity index (χ2v) is 7.23. The molecule has 1 saturated carbocycles. The van der Waals surface area contributed by atoms with E-state index in [1.165, 1.54) is 12.8 Å². The second kappa shape index (κ2) is 6.88. The van der Waals surface area contributed by atoms with E-state index in [9.17, 15) is 0 Å². The fraction of sp³-hybridized carbons (Fsp3) is 0.733. The average Bonchev–Trinajstić information content (AvgIpc) is 3.24. The van der Waals surface area contributed by atoms with Gasteiger partial charge in [0.25, 0.3) is 0 Å². The fourth-order valence-electron chi connectivity index (χ4n) is 2.62. The van der Waals surface area contributed by atoms with Crippen LogP contribution < -0.4 is 5.32 Å². The monoisotopic (exact) mass is 341 g/mol. The molecule has 0 amide bonds. The van der Waals surface area contributed by atoms with Crippen molar-refractivity contribution in [3.8, 4) is 0 Å². The van der Waals surface area contributed by atoms with Crippen LogP contribution in [-0.4, -0.2) is 60.9 Å². The van der Waals surface area contributed by atoms with Crippen molar-refractivity contribution in [2.45, 2.75) is 31.4 Å². The average molecular weight is 342 g/mol. The lowest BCUT2D eigenvalue weighted by Gasteiger charge is -2.38. The molecule has 0 spiro atoms. The first-order chi connectivity index (χ1) is 10.6. The van der Waals surface area contributed by atoms with E-state index in [0.29, 0.717) is 6.04 Å². The van der Waals surface area contributed by atoms with E-state index in [4.69, 9.17) is 21.7 Å². The number of aromatic nitrogens is 1. The largest absolute Gasteiger partial charge is 0.379 e. The summed E-state index contributed by atoms with van der Waals surface area (Å²) >= 11 is 7.36. The van der Waals surface area contributed by atoms with E-state index < -0.39 is 5.60 Å². The molecule has 1 unspecified atom stereocenters. The summed E-state index contributed by atoms with van der Waals surface area (Å²) in [6.07, 6.45) is 2.38. The van der Waals surface area contributed by atoms with Gasteiger partial charge in [-0.1, -0.05) is 12.2 Å². The quantitative estimate of drug-likeness (QED) is 0.795. The van der Waals surface area contributed by atoms with Crippen LogP contribution in [-0.2, 0) is 15.1 Å². The molecule has 1 aliphatic carbocycles. The van der Waals surface area contributed by atoms with Gasteiger partial charge in [-0.3, -0.25) is 4.90 Å². The fourth-order valence-corrected chi connectivity index (χ4v) is 4.07. The molecule has 2 heterocycles. The molecule has 7 heteroatoms. The summed E-state index contributed by atoms with van der Waals surface area (Å²) in [5.74, 6) is 0. The first kappa shape index (κ1) is 16.3. The van der Waals surface area contributed by atoms with E-state index in [-0.39, 0.29) is 0 Å². The lowest BCUT2D eigenvalue weighted by atomic mass is 10.0. The highest BCUT2D eigenvalue weighted by Gasteiger charge is 2.43. The van der Waals surface area contributed by atoms with Crippen LogP contribution in [0.25, 0.3) is 0 Å². The molecule has 3 rings (SSSR count). The number of morpholine rings is 1. The third-order valence-electron chi connectivity index (χ3n) is 4.14. The van der Waals surface area contributed by atoms with Crippen LogP contribution in [0.5, 0.6) is 0 Å². The van der Waals surface area contributed by atoms with Crippen LogP contribution in [0.3, 0.4) is 0 Å². The molecule has 1 atom stereocenters. The summed E-state index contributed by atoms with van der Waals surface area (Å²) in [7, 11) is 1.73. The van der Waals surface area contributed by atoms with Crippen molar-refractivity contribution in [3.05, 3.63) is 16.1 Å². The first-order valence-electron chi connectivity index (χ1n) is 7.73. The van der Waals surface area contributed by atoms with Gasteiger partial charge in [0.1, 0.15) is 10.00 Å². The van der Waals surface area contributed by atoms with Gasteiger partial charge in [-0.25, -0.2) is 4.98 Å². The molecular formula is C15H23N3O2S2. The van der Waals surface area contributed by atoms with Crippen molar-refractivity contribution >= 4 is 28.5 Å². The van der Waals surface area contributed by atoms with E-state index in [2.05, 4.69) is 20.6 Å². The molecule has 2 fully saturated rings. The van der Waals surface area contributed by atoms with Crippen molar-refractivity contribution in [2.75, 3.05) is 40.0 Å². The lowest BCUT2D eigenvalue weighted by Crippen LogP contribution is -2.54. The molecule has 1 aromatic rings. The maximum Gasteiger partial charge on any atom is 0.181 e. The molecule has 0 aromatic carbocycles. The van der Waals surface area contributed by atoms with Gasteiger partial charge in [-0.15, -0.1) is 11.3 Å². The molecule has 1 aliphatic heterocycles. The number of thiocarbonyl (C=S) groups is 1. The minimum absolute atomic E-state index is 0.507. The highest BCUT2D eigenvalue weighted by molar-refractivity contribution is 7.80. The van der Waals surface area contributed by atoms with Gasteiger partial charge in [0.2, 0.25) is 0 Å². The van der Waals surface area contributed by atoms with Crippen LogP contribution in [0.15, 0.2) is 5.38 Å². The highest BCUT2D eigenvalue weighted by Crippen LogP contribution is 2.32. The molecule has 22 heavy (non-hydrogen) atoms. The molecule has 1 saturated heterocycles. The number of hydrogen-bond acceptors (Lipinski definition) is 6. The first-order valence-corrected chi connectivity index (χ1v) is 9.01. The van der Waals surface area contributed by atoms with Gasteiger partial charge >= 0.3 is 0 Å². The molecule has 5 nitrogen and oxygen atoms in total. The number of ether oxygens (including phenoxy) is 2. The summed E-state index contributed by atoms with van der Waals surface area (Å²) in [6, 6.07) is 0.507. The zero-order valence-electron chi connectivity index (χ0n) is 13.1. The predicted molar refractivity (Wildman–Crippen MR) is 91.6 cm³/mol. The topological polar surface area (TPSA) is 46.6 Å². The number of hydrogen-bond donors (Lipinski definition) is 1. The standard InChI is InChI=1S/C15H23N3O2S2/c1-11-9-22-14(16-11)15(19-2,13(21)17-12-3-4-12)10-18-5-7-20-8-6-18/h9,12H,3-8,10H2,1-2H3,(H,17,21). The normalized spacial score (nSPS) is 22.3. The van der Waals surface area contributed by atoms with Crippen LogP contribution in [0.4, 0.5) is 0 Å². The van der Waals surface area contributed by atoms with E-state index in [1.807, 2.05) is 6.92 Å². The van der Waals surface area contributed by atoms with Crippen molar-refractivity contribution < 1.29 is 9.47 Å². The number of aryl methyl sites for hydroxylation is 1. The summed E-state index contributed by atoms with van der Waals surface area (Å²) < 4.78 is 11.4. The van der Waals surface area contributed by atoms with Crippen molar-refractivity contribution in [3.63, 3.8) is 0 Å². The van der Waals surface area contributed by atoms with Gasteiger partial charge in [0.05, 0.1) is 13.2 Å². The minimum Gasteiger partial charge on any atom is -0.379 e. The van der Waals surface area contributed by atoms with Gasteiger partial charge in [0, 0.05) is 43.9 Å².